The van der Waals surface area contributed by atoms with Gasteiger partial charge in [-0.3, -0.25) is 9.36 Å². The first-order valence-corrected chi connectivity index (χ1v) is 13.4. The summed E-state index contributed by atoms with van der Waals surface area (Å²) in [5.41, 5.74) is 7.23. The zero-order chi connectivity index (χ0) is 30.0. The SMILES string of the molecule is COC(=O)c1c(-c2cc(OC)c(Br)c(OC)c2)c2cc(OC)c(OCc3ccco3)cc2c(=O)n1-c1ccc(N)cc1.Cl. The van der Waals surface area contributed by atoms with E-state index in [0.717, 1.165) is 0 Å². The maximum atomic E-state index is 14.3. The molecule has 0 aliphatic heterocycles. The number of methoxy groups -OCH3 is 4. The van der Waals surface area contributed by atoms with E-state index in [9.17, 15) is 9.59 Å². The van der Waals surface area contributed by atoms with Crippen molar-refractivity contribution < 1.29 is 32.9 Å². The quantitative estimate of drug-likeness (QED) is 0.140. The zero-order valence-corrected chi connectivity index (χ0v) is 26.0. The number of fused-ring (bicyclic) bond motifs is 1. The first-order valence-electron chi connectivity index (χ1n) is 12.6. The summed E-state index contributed by atoms with van der Waals surface area (Å²) in [4.78, 5) is 27.8. The van der Waals surface area contributed by atoms with Gasteiger partial charge in [0, 0.05) is 22.3 Å². The molecule has 2 aromatic heterocycles. The summed E-state index contributed by atoms with van der Waals surface area (Å²) in [6.07, 6.45) is 1.54. The Hall–Kier alpha value is -4.61. The number of hydrogen-bond donors (Lipinski definition) is 1. The van der Waals surface area contributed by atoms with Crippen molar-refractivity contribution in [1.82, 2.24) is 4.57 Å². The van der Waals surface area contributed by atoms with Crippen molar-refractivity contribution in [2.75, 3.05) is 34.2 Å². The van der Waals surface area contributed by atoms with E-state index in [1.54, 1.807) is 66.9 Å². The van der Waals surface area contributed by atoms with Gasteiger partial charge in [-0.05, 0) is 82.2 Å². The maximum absolute atomic E-state index is 14.3. The summed E-state index contributed by atoms with van der Waals surface area (Å²) in [5, 5.41) is 0.672. The molecule has 12 heteroatoms. The second-order valence-electron chi connectivity index (χ2n) is 9.06. The summed E-state index contributed by atoms with van der Waals surface area (Å²) < 4.78 is 35.4. The number of furan rings is 1. The van der Waals surface area contributed by atoms with Crippen LogP contribution in [0.15, 0.2) is 80.6 Å². The number of rotatable bonds is 9. The number of nitrogens with two attached hydrogens (primary N) is 1. The molecule has 43 heavy (non-hydrogen) atoms. The van der Waals surface area contributed by atoms with Crippen LogP contribution >= 0.6 is 28.3 Å². The van der Waals surface area contributed by atoms with E-state index in [1.165, 1.54) is 33.0 Å². The third kappa shape index (κ3) is 5.86. The van der Waals surface area contributed by atoms with E-state index < -0.39 is 11.5 Å². The molecule has 0 aliphatic rings. The van der Waals surface area contributed by atoms with E-state index in [-0.39, 0.29) is 30.1 Å². The second-order valence-corrected chi connectivity index (χ2v) is 9.85. The van der Waals surface area contributed by atoms with Crippen molar-refractivity contribution in [2.45, 2.75) is 6.61 Å². The van der Waals surface area contributed by atoms with Crippen molar-refractivity contribution in [3.05, 3.63) is 93.2 Å². The van der Waals surface area contributed by atoms with Crippen LogP contribution in [0.3, 0.4) is 0 Å². The first kappa shape index (κ1) is 31.3. The van der Waals surface area contributed by atoms with Crippen molar-refractivity contribution in [1.29, 1.82) is 0 Å². The van der Waals surface area contributed by atoms with Gasteiger partial charge in [0.05, 0.1) is 40.1 Å². The van der Waals surface area contributed by atoms with Crippen LogP contribution in [-0.2, 0) is 11.3 Å². The Balaban J connectivity index is 0.00000423. The van der Waals surface area contributed by atoms with Crippen molar-refractivity contribution >= 4 is 50.8 Å². The number of nitrogen functional groups attached to an aromatic ring is 1. The van der Waals surface area contributed by atoms with Crippen LogP contribution in [0.5, 0.6) is 23.0 Å². The zero-order valence-electron chi connectivity index (χ0n) is 23.6. The Kier molecular flexibility index (Phi) is 9.57. The molecule has 224 valence electrons. The summed E-state index contributed by atoms with van der Waals surface area (Å²) >= 11 is 3.50. The smallest absolute Gasteiger partial charge is 0.355 e. The van der Waals surface area contributed by atoms with Crippen molar-refractivity contribution in [2.24, 2.45) is 0 Å². The lowest BCUT2D eigenvalue weighted by atomic mass is 9.95. The van der Waals surface area contributed by atoms with Crippen LogP contribution in [0.4, 0.5) is 5.69 Å². The third-order valence-corrected chi connectivity index (χ3v) is 7.46. The number of hydrogen-bond acceptors (Lipinski definition) is 9. The number of carbonyl (C=O) groups excluding carboxylic acids is 1. The number of halogens is 2. The van der Waals surface area contributed by atoms with Crippen LogP contribution in [0.1, 0.15) is 16.2 Å². The number of benzene rings is 3. The molecule has 0 unspecified atom stereocenters. The van der Waals surface area contributed by atoms with Gasteiger partial charge >= 0.3 is 5.97 Å². The molecule has 0 saturated carbocycles. The largest absolute Gasteiger partial charge is 0.495 e. The molecule has 10 nitrogen and oxygen atoms in total. The predicted molar refractivity (Wildman–Crippen MR) is 168 cm³/mol. The fourth-order valence-electron chi connectivity index (χ4n) is 4.69. The van der Waals surface area contributed by atoms with Crippen LogP contribution in [0.25, 0.3) is 27.6 Å². The summed E-state index contributed by atoms with van der Waals surface area (Å²) in [5.74, 6) is 1.40. The molecular formula is C31H28BrClN2O8. The topological polar surface area (TPSA) is 124 Å². The monoisotopic (exact) mass is 670 g/mol. The molecule has 3 aromatic carbocycles. The van der Waals surface area contributed by atoms with E-state index in [0.29, 0.717) is 61.1 Å². The minimum Gasteiger partial charge on any atom is -0.495 e. The van der Waals surface area contributed by atoms with Gasteiger partial charge in [-0.25, -0.2) is 4.79 Å². The maximum Gasteiger partial charge on any atom is 0.355 e. The van der Waals surface area contributed by atoms with Crippen LogP contribution < -0.4 is 30.2 Å². The molecule has 0 aliphatic carbocycles. The molecule has 0 spiro atoms. The molecular weight excluding hydrogens is 644 g/mol. The number of carbonyl (C=O) groups is 1. The molecule has 2 N–H and O–H groups in total. The molecule has 0 saturated heterocycles. The number of ether oxygens (including phenoxy) is 5. The van der Waals surface area contributed by atoms with Gasteiger partial charge in [0.25, 0.3) is 5.56 Å². The average Bonchev–Trinajstić information content (AvgIpc) is 3.54. The Labute approximate surface area is 261 Å². The fourth-order valence-corrected chi connectivity index (χ4v) is 5.24. The Morgan fingerprint density at radius 1 is 0.884 bits per heavy atom. The van der Waals surface area contributed by atoms with Gasteiger partial charge in [-0.2, -0.15) is 0 Å². The highest BCUT2D eigenvalue weighted by molar-refractivity contribution is 9.10. The Morgan fingerprint density at radius 2 is 1.51 bits per heavy atom. The molecule has 0 atom stereocenters. The fraction of sp³-hybridized carbons (Fsp3) is 0.161. The Bertz CT molecular complexity index is 1810. The van der Waals surface area contributed by atoms with Gasteiger partial charge in [0.15, 0.2) is 11.5 Å². The van der Waals surface area contributed by atoms with Gasteiger partial charge in [0.1, 0.15) is 34.0 Å². The van der Waals surface area contributed by atoms with Gasteiger partial charge in [0.2, 0.25) is 0 Å². The Morgan fingerprint density at radius 3 is 2.07 bits per heavy atom. The van der Waals surface area contributed by atoms with Crippen LogP contribution in [-0.4, -0.2) is 39.0 Å². The van der Waals surface area contributed by atoms with Gasteiger partial charge in [-0.1, -0.05) is 0 Å². The molecule has 5 rings (SSSR count). The molecule has 0 radical (unpaired) electrons. The normalized spacial score (nSPS) is 10.6. The van der Waals surface area contributed by atoms with Gasteiger partial charge < -0.3 is 33.8 Å². The lowest BCUT2D eigenvalue weighted by Gasteiger charge is -2.21. The van der Waals surface area contributed by atoms with Crippen LogP contribution in [0, 0.1) is 0 Å². The molecule has 2 heterocycles. The number of nitrogens with zero attached hydrogens (tertiary/aromatic N) is 1. The number of esters is 1. The minimum atomic E-state index is -0.737. The molecule has 5 aromatic rings. The van der Waals surface area contributed by atoms with E-state index in [1.807, 2.05) is 0 Å². The lowest BCUT2D eigenvalue weighted by Crippen LogP contribution is -2.27. The summed E-state index contributed by atoms with van der Waals surface area (Å²) in [6, 6.07) is 16.8. The highest BCUT2D eigenvalue weighted by atomic mass is 79.9. The number of pyridine rings is 1. The van der Waals surface area contributed by atoms with E-state index >= 15 is 0 Å². The van der Waals surface area contributed by atoms with Gasteiger partial charge in [-0.15, -0.1) is 12.4 Å². The lowest BCUT2D eigenvalue weighted by molar-refractivity contribution is 0.0591. The number of anilines is 1. The standard InChI is InChI=1S/C31H27BrN2O8.ClH/c1-37-23-14-21-22(15-24(23)42-16-20-6-5-11-41-20)30(35)34(19-9-7-18(33)8-10-19)29(31(36)40-4)27(21)17-12-25(38-2)28(32)26(13-17)39-3;/h5-15H,16,33H2,1-4H3;1H. The van der Waals surface area contributed by atoms with Crippen molar-refractivity contribution in [3.63, 3.8) is 0 Å². The van der Waals surface area contributed by atoms with Crippen molar-refractivity contribution in [3.8, 4) is 39.8 Å². The first-order chi connectivity index (χ1) is 20.3. The molecule has 0 amide bonds. The third-order valence-electron chi connectivity index (χ3n) is 6.68. The highest BCUT2D eigenvalue weighted by Crippen LogP contribution is 2.44. The summed E-state index contributed by atoms with van der Waals surface area (Å²) in [6.45, 7) is 0.106. The number of aromatic nitrogens is 1. The molecule has 0 fully saturated rings. The van der Waals surface area contributed by atoms with Crippen LogP contribution in [0.2, 0.25) is 0 Å². The average molecular weight is 672 g/mol. The predicted octanol–water partition coefficient (Wildman–Crippen LogP) is 6.41. The second kappa shape index (κ2) is 13.1. The highest BCUT2D eigenvalue weighted by Gasteiger charge is 2.28. The van der Waals surface area contributed by atoms with E-state index in [2.05, 4.69) is 15.9 Å². The van der Waals surface area contributed by atoms with E-state index in [4.69, 9.17) is 33.8 Å². The summed E-state index contributed by atoms with van der Waals surface area (Å²) in [7, 11) is 5.78. The molecule has 0 bridgehead atoms. The minimum absolute atomic E-state index is 0.